The number of ether oxygens (including phenoxy) is 2. The normalized spacial score (nSPS) is 19.6. The minimum atomic E-state index is -4.48. The molecule has 41 heavy (non-hydrogen) atoms. The zero-order chi connectivity index (χ0) is 28.9. The Kier molecular flexibility index (Phi) is 7.28. The Bertz CT molecular complexity index is 1530. The standard InChI is InChI=1S/C28H30F2N4O6S/c29-25-21(3-4-23(26(25)30)41(31,37)38)28(36)34-13-19-11-33(12-20(19)14-34)27(35)18-9-22(17-1-2-17)32-24(10-18)40-15-16-5-7-39-8-6-16/h3-4,9-10,16-17H,1-2,5-8,11-15H2,(H2,31,37,38). The zero-order valence-electron chi connectivity index (χ0n) is 22.3. The Hall–Kier alpha value is -3.42. The third kappa shape index (κ3) is 5.70. The van der Waals surface area contributed by atoms with Crippen molar-refractivity contribution in [3.63, 3.8) is 0 Å². The van der Waals surface area contributed by atoms with E-state index in [0.717, 1.165) is 67.9 Å². The van der Waals surface area contributed by atoms with Gasteiger partial charge in [-0.1, -0.05) is 0 Å². The van der Waals surface area contributed by atoms with Crippen LogP contribution in [0.5, 0.6) is 5.88 Å². The number of halogens is 2. The fraction of sp³-hybridized carbons (Fsp3) is 0.464. The van der Waals surface area contributed by atoms with Crippen molar-refractivity contribution in [3.05, 3.63) is 63.9 Å². The molecule has 13 heteroatoms. The summed E-state index contributed by atoms with van der Waals surface area (Å²) in [4.78, 5) is 33.2. The van der Waals surface area contributed by atoms with Crippen molar-refractivity contribution >= 4 is 21.8 Å². The number of nitrogens with zero attached hydrogens (tertiary/aromatic N) is 3. The summed E-state index contributed by atoms with van der Waals surface area (Å²) in [6.07, 6.45) is 3.92. The maximum absolute atomic E-state index is 14.6. The van der Waals surface area contributed by atoms with E-state index in [9.17, 15) is 26.8 Å². The first kappa shape index (κ1) is 27.7. The lowest BCUT2D eigenvalue weighted by molar-refractivity contribution is 0.0490. The van der Waals surface area contributed by atoms with Gasteiger partial charge in [0.15, 0.2) is 11.6 Å². The van der Waals surface area contributed by atoms with Crippen molar-refractivity contribution in [2.45, 2.75) is 36.5 Å². The van der Waals surface area contributed by atoms with Crippen LogP contribution in [0.2, 0.25) is 0 Å². The second-order valence-electron chi connectivity index (χ2n) is 11.1. The summed E-state index contributed by atoms with van der Waals surface area (Å²) in [5.74, 6) is -3.02. The van der Waals surface area contributed by atoms with Crippen LogP contribution in [0.25, 0.3) is 0 Å². The molecule has 0 radical (unpaired) electrons. The molecule has 0 bridgehead atoms. The smallest absolute Gasteiger partial charge is 0.257 e. The van der Waals surface area contributed by atoms with Gasteiger partial charge in [-0.15, -0.1) is 0 Å². The predicted octanol–water partition coefficient (Wildman–Crippen LogP) is 2.60. The first-order chi connectivity index (χ1) is 19.6. The number of benzene rings is 1. The molecule has 1 saturated carbocycles. The molecule has 4 aliphatic rings. The molecule has 1 aliphatic carbocycles. The minimum Gasteiger partial charge on any atom is -0.477 e. The number of hydrogen-bond donors (Lipinski definition) is 1. The van der Waals surface area contributed by atoms with Crippen LogP contribution in [0.4, 0.5) is 8.78 Å². The molecule has 0 spiro atoms. The number of aromatic nitrogens is 1. The molecule has 1 aromatic heterocycles. The van der Waals surface area contributed by atoms with Crippen LogP contribution in [0.15, 0.2) is 40.3 Å². The number of nitrogens with two attached hydrogens (primary N) is 1. The highest BCUT2D eigenvalue weighted by Gasteiger charge is 2.37. The van der Waals surface area contributed by atoms with E-state index in [0.29, 0.717) is 43.0 Å². The van der Waals surface area contributed by atoms with Crippen LogP contribution in [0.3, 0.4) is 0 Å². The maximum atomic E-state index is 14.6. The van der Waals surface area contributed by atoms with E-state index in [1.165, 1.54) is 4.90 Å². The predicted molar refractivity (Wildman–Crippen MR) is 142 cm³/mol. The number of hydrogen-bond acceptors (Lipinski definition) is 7. The van der Waals surface area contributed by atoms with E-state index in [4.69, 9.17) is 14.6 Å². The number of pyridine rings is 1. The molecule has 6 rings (SSSR count). The Labute approximate surface area is 236 Å². The van der Waals surface area contributed by atoms with Crippen LogP contribution in [-0.2, 0) is 14.8 Å². The van der Waals surface area contributed by atoms with Gasteiger partial charge in [0.1, 0.15) is 4.90 Å². The van der Waals surface area contributed by atoms with Gasteiger partial charge < -0.3 is 19.3 Å². The highest BCUT2D eigenvalue weighted by Crippen LogP contribution is 2.40. The van der Waals surface area contributed by atoms with Gasteiger partial charge in [0, 0.05) is 62.6 Å². The molecule has 0 atom stereocenters. The molecule has 1 aromatic carbocycles. The SMILES string of the molecule is NS(=O)(=O)c1ccc(C(=O)N2CC3=C(CN(C(=O)c4cc(OCC5CCOCC5)nc(C5CC5)c4)C3)C2)c(F)c1F. The van der Waals surface area contributed by atoms with E-state index in [1.54, 1.807) is 11.0 Å². The van der Waals surface area contributed by atoms with Gasteiger partial charge >= 0.3 is 0 Å². The van der Waals surface area contributed by atoms with Gasteiger partial charge in [0.25, 0.3) is 11.8 Å². The molecule has 2 fully saturated rings. The Morgan fingerprint density at radius 2 is 1.59 bits per heavy atom. The van der Waals surface area contributed by atoms with Gasteiger partial charge in [-0.05, 0) is 60.9 Å². The Morgan fingerprint density at radius 3 is 2.20 bits per heavy atom. The number of primary sulfonamides is 1. The minimum absolute atomic E-state index is 0.152. The number of amides is 2. The third-order valence-corrected chi connectivity index (χ3v) is 8.99. The first-order valence-corrected chi connectivity index (χ1v) is 15.1. The van der Waals surface area contributed by atoms with E-state index in [1.807, 2.05) is 6.07 Å². The van der Waals surface area contributed by atoms with E-state index >= 15 is 0 Å². The number of sulfonamides is 1. The van der Waals surface area contributed by atoms with Crippen molar-refractivity contribution in [2.24, 2.45) is 11.1 Å². The second kappa shape index (κ2) is 10.8. The molecule has 3 aliphatic heterocycles. The maximum Gasteiger partial charge on any atom is 0.257 e. The van der Waals surface area contributed by atoms with E-state index in [2.05, 4.69) is 4.98 Å². The van der Waals surface area contributed by atoms with Crippen LogP contribution in [0.1, 0.15) is 58.0 Å². The Morgan fingerprint density at radius 1 is 0.951 bits per heavy atom. The number of carbonyl (C=O) groups is 2. The van der Waals surface area contributed by atoms with Gasteiger partial charge in [-0.3, -0.25) is 9.59 Å². The first-order valence-electron chi connectivity index (χ1n) is 13.6. The van der Waals surface area contributed by atoms with Crippen molar-refractivity contribution in [3.8, 4) is 5.88 Å². The zero-order valence-corrected chi connectivity index (χ0v) is 23.1. The van der Waals surface area contributed by atoms with Crippen LogP contribution in [-0.4, -0.2) is 81.0 Å². The molecule has 10 nitrogen and oxygen atoms in total. The molecule has 2 aromatic rings. The monoisotopic (exact) mass is 588 g/mol. The molecule has 0 unspecified atom stereocenters. The summed E-state index contributed by atoms with van der Waals surface area (Å²) < 4.78 is 63.3. The Balaban J connectivity index is 1.11. The van der Waals surface area contributed by atoms with Crippen LogP contribution < -0.4 is 9.88 Å². The van der Waals surface area contributed by atoms with Crippen LogP contribution in [0, 0.1) is 17.6 Å². The highest BCUT2D eigenvalue weighted by molar-refractivity contribution is 7.89. The van der Waals surface area contributed by atoms with E-state index in [-0.39, 0.29) is 19.0 Å². The van der Waals surface area contributed by atoms with Gasteiger partial charge in [0.05, 0.1) is 12.2 Å². The number of carbonyl (C=O) groups excluding carboxylic acids is 2. The molecule has 2 amide bonds. The lowest BCUT2D eigenvalue weighted by Gasteiger charge is -2.24. The molecule has 2 N–H and O–H groups in total. The fourth-order valence-electron chi connectivity index (χ4n) is 5.57. The van der Waals surface area contributed by atoms with Crippen LogP contribution >= 0.6 is 0 Å². The highest BCUT2D eigenvalue weighted by atomic mass is 32.2. The lowest BCUT2D eigenvalue weighted by Crippen LogP contribution is -2.37. The van der Waals surface area contributed by atoms with Crippen molar-refractivity contribution in [1.82, 2.24) is 14.8 Å². The van der Waals surface area contributed by atoms with Gasteiger partial charge in [-0.2, -0.15) is 0 Å². The summed E-state index contributed by atoms with van der Waals surface area (Å²) in [7, 11) is -4.48. The third-order valence-electron chi connectivity index (χ3n) is 8.06. The van der Waals surface area contributed by atoms with Crippen molar-refractivity contribution < 1.29 is 36.3 Å². The summed E-state index contributed by atoms with van der Waals surface area (Å²) >= 11 is 0. The van der Waals surface area contributed by atoms with Crippen molar-refractivity contribution in [2.75, 3.05) is 46.0 Å². The molecule has 218 valence electrons. The van der Waals surface area contributed by atoms with Crippen molar-refractivity contribution in [1.29, 1.82) is 0 Å². The largest absolute Gasteiger partial charge is 0.477 e. The summed E-state index contributed by atoms with van der Waals surface area (Å²) in [6.45, 7) is 2.88. The average molecular weight is 589 g/mol. The van der Waals surface area contributed by atoms with Gasteiger partial charge in [-0.25, -0.2) is 27.3 Å². The quantitative estimate of drug-likeness (QED) is 0.492. The summed E-state index contributed by atoms with van der Waals surface area (Å²) in [6, 6.07) is 5.23. The summed E-state index contributed by atoms with van der Waals surface area (Å²) in [5.41, 5.74) is 2.51. The molecule has 4 heterocycles. The molecule has 1 saturated heterocycles. The average Bonchev–Trinajstić information content (AvgIpc) is 3.62. The lowest BCUT2D eigenvalue weighted by atomic mass is 10.0. The number of rotatable bonds is 7. The summed E-state index contributed by atoms with van der Waals surface area (Å²) in [5, 5.41) is 4.91. The fourth-order valence-corrected chi connectivity index (χ4v) is 6.16. The topological polar surface area (TPSA) is 132 Å². The molecular weight excluding hydrogens is 558 g/mol. The van der Waals surface area contributed by atoms with Gasteiger partial charge in [0.2, 0.25) is 15.9 Å². The van der Waals surface area contributed by atoms with E-state index < -0.39 is 38.0 Å². The molecular formula is C28H30F2N4O6S. The second-order valence-corrected chi connectivity index (χ2v) is 12.6.